The number of anilines is 2. The number of hydrogen-bond donors (Lipinski definition) is 2. The van der Waals surface area contributed by atoms with Crippen LogP contribution in [0.5, 0.6) is 0 Å². The van der Waals surface area contributed by atoms with Crippen molar-refractivity contribution in [3.8, 4) is 11.1 Å². The van der Waals surface area contributed by atoms with E-state index >= 15 is 0 Å². The lowest BCUT2D eigenvalue weighted by molar-refractivity contribution is 0.603. The van der Waals surface area contributed by atoms with Crippen LogP contribution in [0, 0.1) is 0 Å². The first kappa shape index (κ1) is 9.65. The highest BCUT2D eigenvalue weighted by Crippen LogP contribution is 2.32. The summed E-state index contributed by atoms with van der Waals surface area (Å²) < 4.78 is 5.35. The van der Waals surface area contributed by atoms with E-state index in [0.29, 0.717) is 17.2 Å². The summed E-state index contributed by atoms with van der Waals surface area (Å²) in [6.07, 6.45) is 2.99. The minimum Gasteiger partial charge on any atom is -0.445 e. The van der Waals surface area contributed by atoms with Crippen LogP contribution < -0.4 is 11.5 Å². The number of benzene rings is 1. The molecule has 17 heavy (non-hydrogen) atoms. The van der Waals surface area contributed by atoms with Gasteiger partial charge in [-0.05, 0) is 17.7 Å². The van der Waals surface area contributed by atoms with E-state index in [-0.39, 0.29) is 0 Å². The summed E-state index contributed by atoms with van der Waals surface area (Å²) in [5, 5.41) is 0.720. The minimum absolute atomic E-state index is 0.404. The molecule has 0 saturated heterocycles. The molecule has 0 bridgehead atoms. The van der Waals surface area contributed by atoms with Gasteiger partial charge in [0.05, 0.1) is 5.39 Å². The standard InChI is InChI=1S/C12H10N4O/c13-8-3-1-2-7(4-8)9-5-17-12-10(9)11(14)15-6-16-12/h1-6H,13H2,(H2,14,15,16). The molecule has 4 N–H and O–H groups in total. The number of fused-ring (bicyclic) bond motifs is 1. The molecule has 1 aromatic carbocycles. The number of nitrogens with zero attached hydrogens (tertiary/aromatic N) is 2. The van der Waals surface area contributed by atoms with E-state index in [1.54, 1.807) is 6.26 Å². The summed E-state index contributed by atoms with van der Waals surface area (Å²) in [5.74, 6) is 0.404. The second-order valence-electron chi connectivity index (χ2n) is 3.71. The lowest BCUT2D eigenvalue weighted by Crippen LogP contribution is -1.92. The number of aromatic nitrogens is 2. The molecule has 0 aliphatic rings. The van der Waals surface area contributed by atoms with Crippen LogP contribution in [-0.4, -0.2) is 9.97 Å². The van der Waals surface area contributed by atoms with E-state index in [4.69, 9.17) is 15.9 Å². The molecule has 84 valence electrons. The SMILES string of the molecule is Nc1cccc(-c2coc3ncnc(N)c23)c1. The Hall–Kier alpha value is -2.56. The molecule has 2 aromatic heterocycles. The van der Waals surface area contributed by atoms with Crippen molar-refractivity contribution >= 4 is 22.6 Å². The Kier molecular flexibility index (Phi) is 1.98. The Morgan fingerprint density at radius 1 is 1.12 bits per heavy atom. The molecule has 0 spiro atoms. The van der Waals surface area contributed by atoms with E-state index in [0.717, 1.165) is 16.5 Å². The fraction of sp³-hybridized carbons (Fsp3) is 0. The highest BCUT2D eigenvalue weighted by atomic mass is 16.3. The predicted molar refractivity (Wildman–Crippen MR) is 66.1 cm³/mol. The van der Waals surface area contributed by atoms with Crippen LogP contribution in [-0.2, 0) is 0 Å². The van der Waals surface area contributed by atoms with Gasteiger partial charge in [-0.25, -0.2) is 9.97 Å². The number of hydrogen-bond acceptors (Lipinski definition) is 5. The van der Waals surface area contributed by atoms with Gasteiger partial charge in [-0.3, -0.25) is 0 Å². The van der Waals surface area contributed by atoms with Crippen molar-refractivity contribution < 1.29 is 4.42 Å². The molecule has 0 saturated carbocycles. The van der Waals surface area contributed by atoms with Crippen molar-refractivity contribution in [2.24, 2.45) is 0 Å². The van der Waals surface area contributed by atoms with Crippen molar-refractivity contribution in [2.75, 3.05) is 11.5 Å². The Balaban J connectivity index is 2.31. The predicted octanol–water partition coefficient (Wildman–Crippen LogP) is 2.05. The van der Waals surface area contributed by atoms with Crippen molar-refractivity contribution in [1.82, 2.24) is 9.97 Å². The van der Waals surface area contributed by atoms with Gasteiger partial charge >= 0.3 is 0 Å². The normalized spacial score (nSPS) is 10.8. The van der Waals surface area contributed by atoms with Gasteiger partial charge in [0.1, 0.15) is 18.4 Å². The summed E-state index contributed by atoms with van der Waals surface area (Å²) in [4.78, 5) is 7.99. The Labute approximate surface area is 97.1 Å². The molecule has 0 aliphatic heterocycles. The zero-order chi connectivity index (χ0) is 11.8. The largest absolute Gasteiger partial charge is 0.445 e. The number of rotatable bonds is 1. The van der Waals surface area contributed by atoms with Crippen LogP contribution in [0.3, 0.4) is 0 Å². The first-order valence-electron chi connectivity index (χ1n) is 5.09. The molecular weight excluding hydrogens is 216 g/mol. The molecule has 0 amide bonds. The van der Waals surface area contributed by atoms with Gasteiger partial charge in [0.15, 0.2) is 0 Å². The van der Waals surface area contributed by atoms with Crippen molar-refractivity contribution in [1.29, 1.82) is 0 Å². The van der Waals surface area contributed by atoms with E-state index in [1.165, 1.54) is 6.33 Å². The number of furan rings is 1. The van der Waals surface area contributed by atoms with Crippen LogP contribution in [0.25, 0.3) is 22.2 Å². The monoisotopic (exact) mass is 226 g/mol. The first-order chi connectivity index (χ1) is 8.25. The van der Waals surface area contributed by atoms with Gasteiger partial charge in [-0.2, -0.15) is 0 Å². The molecule has 3 rings (SSSR count). The maximum atomic E-state index is 5.83. The molecule has 3 aromatic rings. The number of nitrogen functional groups attached to an aromatic ring is 2. The fourth-order valence-corrected chi connectivity index (χ4v) is 1.82. The molecule has 5 nitrogen and oxygen atoms in total. The highest BCUT2D eigenvalue weighted by Gasteiger charge is 2.12. The second kappa shape index (κ2) is 3.48. The van der Waals surface area contributed by atoms with Gasteiger partial charge in [0.2, 0.25) is 5.71 Å². The summed E-state index contributed by atoms with van der Waals surface area (Å²) in [6, 6.07) is 7.50. The topological polar surface area (TPSA) is 91.0 Å². The van der Waals surface area contributed by atoms with Gasteiger partial charge < -0.3 is 15.9 Å². The van der Waals surface area contributed by atoms with Gasteiger partial charge in [0.25, 0.3) is 0 Å². The average molecular weight is 226 g/mol. The highest BCUT2D eigenvalue weighted by molar-refractivity contribution is 5.99. The zero-order valence-electron chi connectivity index (χ0n) is 8.92. The summed E-state index contributed by atoms with van der Waals surface area (Å²) >= 11 is 0. The lowest BCUT2D eigenvalue weighted by atomic mass is 10.1. The lowest BCUT2D eigenvalue weighted by Gasteiger charge is -2.01. The summed E-state index contributed by atoms with van der Waals surface area (Å²) in [7, 11) is 0. The van der Waals surface area contributed by atoms with Crippen LogP contribution in [0.2, 0.25) is 0 Å². The van der Waals surface area contributed by atoms with E-state index < -0.39 is 0 Å². The molecule has 0 atom stereocenters. The maximum Gasteiger partial charge on any atom is 0.231 e. The fourth-order valence-electron chi connectivity index (χ4n) is 1.82. The van der Waals surface area contributed by atoms with Gasteiger partial charge in [-0.1, -0.05) is 12.1 Å². The van der Waals surface area contributed by atoms with E-state index in [9.17, 15) is 0 Å². The van der Waals surface area contributed by atoms with Gasteiger partial charge in [0, 0.05) is 11.3 Å². The smallest absolute Gasteiger partial charge is 0.231 e. The zero-order valence-corrected chi connectivity index (χ0v) is 8.92. The summed E-state index contributed by atoms with van der Waals surface area (Å²) in [6.45, 7) is 0. The Morgan fingerprint density at radius 3 is 2.82 bits per heavy atom. The van der Waals surface area contributed by atoms with Crippen molar-refractivity contribution in [2.45, 2.75) is 0 Å². The van der Waals surface area contributed by atoms with Crippen LogP contribution in [0.1, 0.15) is 0 Å². The molecule has 5 heteroatoms. The average Bonchev–Trinajstić information content (AvgIpc) is 2.74. The molecular formula is C12H10N4O. The molecule has 0 unspecified atom stereocenters. The second-order valence-corrected chi connectivity index (χ2v) is 3.71. The quantitative estimate of drug-likeness (QED) is 0.619. The number of nitrogens with two attached hydrogens (primary N) is 2. The Morgan fingerprint density at radius 2 is 2.00 bits per heavy atom. The molecule has 2 heterocycles. The molecule has 0 aliphatic carbocycles. The molecule has 0 fully saturated rings. The van der Waals surface area contributed by atoms with Gasteiger partial charge in [-0.15, -0.1) is 0 Å². The third-order valence-corrected chi connectivity index (χ3v) is 2.60. The third-order valence-electron chi connectivity index (χ3n) is 2.60. The minimum atomic E-state index is 0.404. The van der Waals surface area contributed by atoms with Crippen molar-refractivity contribution in [3.05, 3.63) is 36.9 Å². The van der Waals surface area contributed by atoms with Crippen LogP contribution in [0.15, 0.2) is 41.3 Å². The summed E-state index contributed by atoms with van der Waals surface area (Å²) in [5.41, 5.74) is 14.5. The maximum absolute atomic E-state index is 5.83. The Bertz CT molecular complexity index is 690. The van der Waals surface area contributed by atoms with E-state index in [1.807, 2.05) is 24.3 Å². The first-order valence-corrected chi connectivity index (χ1v) is 5.09. The third kappa shape index (κ3) is 1.48. The van der Waals surface area contributed by atoms with E-state index in [2.05, 4.69) is 9.97 Å². The van der Waals surface area contributed by atoms with Crippen LogP contribution in [0.4, 0.5) is 11.5 Å². The molecule has 0 radical (unpaired) electrons. The van der Waals surface area contributed by atoms with Crippen molar-refractivity contribution in [3.63, 3.8) is 0 Å². The van der Waals surface area contributed by atoms with Crippen LogP contribution >= 0.6 is 0 Å².